The number of unbranched alkanes of at least 4 members (excludes halogenated alkanes) is 7. The van der Waals surface area contributed by atoms with E-state index in [4.69, 9.17) is 42.6 Å². The van der Waals surface area contributed by atoms with Gasteiger partial charge in [-0.25, -0.2) is 0 Å². The molecule has 7 rings (SSSR count). The van der Waals surface area contributed by atoms with Gasteiger partial charge in [-0.3, -0.25) is 0 Å². The summed E-state index contributed by atoms with van der Waals surface area (Å²) in [6, 6.07) is 50.8. The molecule has 0 amide bonds. The second-order valence-electron chi connectivity index (χ2n) is 16.8. The van der Waals surface area contributed by atoms with Crippen molar-refractivity contribution < 1.29 is 42.6 Å². The van der Waals surface area contributed by atoms with E-state index >= 15 is 0 Å². The molecule has 5 aromatic carbocycles. The average molecular weight is 873 g/mol. The van der Waals surface area contributed by atoms with Crippen LogP contribution in [0.1, 0.15) is 86.1 Å². The lowest BCUT2D eigenvalue weighted by molar-refractivity contribution is -0.255. The molecule has 2 fully saturated rings. The largest absolute Gasteiger partial charge is 0.374 e. The van der Waals surface area contributed by atoms with Gasteiger partial charge in [0.25, 0.3) is 0 Å². The third-order valence-corrected chi connectivity index (χ3v) is 11.7. The van der Waals surface area contributed by atoms with Crippen LogP contribution in [0, 0.1) is 0 Å². The van der Waals surface area contributed by atoms with Crippen molar-refractivity contribution in [2.45, 2.75) is 141 Å². The fourth-order valence-electron chi connectivity index (χ4n) is 8.24. The first-order valence-corrected chi connectivity index (χ1v) is 23.5. The first-order valence-electron chi connectivity index (χ1n) is 23.5. The van der Waals surface area contributed by atoms with Gasteiger partial charge in [-0.1, -0.05) is 204 Å². The van der Waals surface area contributed by atoms with Gasteiger partial charge in [0.15, 0.2) is 12.6 Å². The Morgan fingerprint density at radius 3 is 1.16 bits per heavy atom. The summed E-state index contributed by atoms with van der Waals surface area (Å²) in [6.45, 7) is 5.25. The molecule has 2 aliphatic rings. The summed E-state index contributed by atoms with van der Waals surface area (Å²) < 4.78 is 60.6. The van der Waals surface area contributed by atoms with Crippen molar-refractivity contribution in [3.8, 4) is 0 Å². The average Bonchev–Trinajstić information content (AvgIpc) is 3.85. The molecule has 2 aliphatic heterocycles. The van der Waals surface area contributed by atoms with Crippen LogP contribution in [0.25, 0.3) is 0 Å². The molecule has 2 heterocycles. The maximum atomic E-state index is 7.18. The van der Waals surface area contributed by atoms with Gasteiger partial charge in [0.05, 0.1) is 46.2 Å². The minimum atomic E-state index is -0.871. The van der Waals surface area contributed by atoms with Crippen molar-refractivity contribution in [3.05, 3.63) is 179 Å². The van der Waals surface area contributed by atoms with Gasteiger partial charge in [0.1, 0.15) is 36.6 Å². The topological polar surface area (TPSA) is 83.1 Å². The Morgan fingerprint density at radius 1 is 0.359 bits per heavy atom. The zero-order valence-corrected chi connectivity index (χ0v) is 37.5. The zero-order valence-electron chi connectivity index (χ0n) is 37.5. The highest BCUT2D eigenvalue weighted by molar-refractivity contribution is 5.17. The Bertz CT molecular complexity index is 1940. The molecule has 0 unspecified atom stereocenters. The zero-order chi connectivity index (χ0) is 43.9. The highest BCUT2D eigenvalue weighted by Crippen LogP contribution is 2.36. The normalized spacial score (nSPS) is 23.1. The molecule has 0 aliphatic carbocycles. The lowest BCUT2D eigenvalue weighted by Gasteiger charge is -2.30. The Labute approximate surface area is 381 Å². The van der Waals surface area contributed by atoms with Crippen molar-refractivity contribution in [1.82, 2.24) is 0 Å². The van der Waals surface area contributed by atoms with Gasteiger partial charge in [0, 0.05) is 6.61 Å². The van der Waals surface area contributed by atoms with Crippen LogP contribution < -0.4 is 0 Å². The van der Waals surface area contributed by atoms with Gasteiger partial charge in [0.2, 0.25) is 0 Å². The fourth-order valence-corrected chi connectivity index (χ4v) is 8.24. The molecule has 0 spiro atoms. The van der Waals surface area contributed by atoms with Gasteiger partial charge in [-0.05, 0) is 34.2 Å². The van der Waals surface area contributed by atoms with Crippen LogP contribution in [-0.4, -0.2) is 69.0 Å². The molecule has 5 aromatic rings. The first-order chi connectivity index (χ1) is 31.7. The second kappa shape index (κ2) is 27.3. The first kappa shape index (κ1) is 47.7. The molecule has 8 atom stereocenters. The molecule has 0 radical (unpaired) electrons. The number of hydrogen-bond acceptors (Lipinski definition) is 9. The van der Waals surface area contributed by atoms with E-state index in [1.54, 1.807) is 0 Å². The van der Waals surface area contributed by atoms with E-state index in [0.717, 1.165) is 40.7 Å². The number of benzene rings is 5. The monoisotopic (exact) mass is 872 g/mol. The van der Waals surface area contributed by atoms with Crippen LogP contribution in [0.4, 0.5) is 0 Å². The number of hydrogen-bond donors (Lipinski definition) is 0. The molecule has 342 valence electrons. The summed E-state index contributed by atoms with van der Waals surface area (Å²) in [7, 11) is 0. The third kappa shape index (κ3) is 15.4. The summed E-state index contributed by atoms with van der Waals surface area (Å²) in [4.78, 5) is 0. The molecule has 64 heavy (non-hydrogen) atoms. The summed E-state index contributed by atoms with van der Waals surface area (Å²) in [5.74, 6) is 0. The molecule has 9 heteroatoms. The Morgan fingerprint density at radius 2 is 0.719 bits per heavy atom. The standard InChI is InChI=1S/C55H68O9/c1-2-3-4-5-6-7-8-24-35-58-54-53(51(60-39-46-31-20-12-21-32-46)49(62-54)42-57-37-44-27-16-10-17-28-44)64-55-52(61-40-47-33-22-13-23-34-47)50(59-38-45-29-18-11-19-30-45)48(63-55)41-56-36-43-25-14-9-15-26-43/h9-23,25-34,48-55H,2-8,24,35-42H2,1H3/t48-,49-,50-,51-,52+,53+,54-,55+/m1/s1. The SMILES string of the molecule is CCCCCCCCCCO[C@@H]1O[C@H](COCc2ccccc2)[C@@H](OCc2ccccc2)[C@@H]1O[C@@H]1O[C@H](COCc2ccccc2)[C@@H](OCc2ccccc2)[C@@H]1OCc1ccccc1. The smallest absolute Gasteiger partial charge is 0.187 e. The van der Waals surface area contributed by atoms with E-state index in [2.05, 4.69) is 67.6 Å². The van der Waals surface area contributed by atoms with Crippen molar-refractivity contribution in [2.24, 2.45) is 0 Å². The van der Waals surface area contributed by atoms with E-state index in [9.17, 15) is 0 Å². The second-order valence-corrected chi connectivity index (χ2v) is 16.8. The predicted octanol–water partition coefficient (Wildman–Crippen LogP) is 11.2. The van der Waals surface area contributed by atoms with Crippen molar-refractivity contribution in [1.29, 1.82) is 0 Å². The van der Waals surface area contributed by atoms with Crippen LogP contribution >= 0.6 is 0 Å². The quantitative estimate of drug-likeness (QED) is 0.0436. The van der Waals surface area contributed by atoms with E-state index < -0.39 is 49.2 Å². The van der Waals surface area contributed by atoms with Crippen LogP contribution in [0.5, 0.6) is 0 Å². The Balaban J connectivity index is 1.13. The summed E-state index contributed by atoms with van der Waals surface area (Å²) >= 11 is 0. The lowest BCUT2D eigenvalue weighted by atomic mass is 10.1. The Kier molecular flexibility index (Phi) is 20.3. The van der Waals surface area contributed by atoms with E-state index in [1.807, 2.05) is 91.0 Å². The molecular formula is C55H68O9. The highest BCUT2D eigenvalue weighted by atomic mass is 16.8. The van der Waals surface area contributed by atoms with E-state index in [-0.39, 0.29) is 13.2 Å². The highest BCUT2D eigenvalue weighted by Gasteiger charge is 2.53. The van der Waals surface area contributed by atoms with Crippen LogP contribution in [-0.2, 0) is 75.7 Å². The van der Waals surface area contributed by atoms with Gasteiger partial charge >= 0.3 is 0 Å². The maximum Gasteiger partial charge on any atom is 0.187 e. The van der Waals surface area contributed by atoms with Crippen LogP contribution in [0.3, 0.4) is 0 Å². The molecule has 0 saturated carbocycles. The lowest BCUT2D eigenvalue weighted by Crippen LogP contribution is -2.46. The minimum Gasteiger partial charge on any atom is -0.374 e. The van der Waals surface area contributed by atoms with Crippen LogP contribution in [0.2, 0.25) is 0 Å². The van der Waals surface area contributed by atoms with E-state index in [0.29, 0.717) is 39.6 Å². The van der Waals surface area contributed by atoms with Gasteiger partial charge in [-0.2, -0.15) is 0 Å². The maximum absolute atomic E-state index is 7.18. The summed E-state index contributed by atoms with van der Waals surface area (Å²) in [6.07, 6.45) is 4.57. The van der Waals surface area contributed by atoms with Crippen molar-refractivity contribution in [3.63, 3.8) is 0 Å². The number of rotatable bonds is 29. The van der Waals surface area contributed by atoms with E-state index in [1.165, 1.54) is 38.5 Å². The molecule has 0 N–H and O–H groups in total. The summed E-state index contributed by atoms with van der Waals surface area (Å²) in [5.41, 5.74) is 5.27. The molecule has 9 nitrogen and oxygen atoms in total. The Hall–Kier alpha value is -4.26. The predicted molar refractivity (Wildman–Crippen MR) is 248 cm³/mol. The van der Waals surface area contributed by atoms with Crippen molar-refractivity contribution in [2.75, 3.05) is 19.8 Å². The molecular weight excluding hydrogens is 805 g/mol. The fraction of sp³-hybridized carbons (Fsp3) is 0.455. The molecule has 2 saturated heterocycles. The van der Waals surface area contributed by atoms with Gasteiger partial charge < -0.3 is 42.6 Å². The molecule has 0 bridgehead atoms. The molecule has 0 aromatic heterocycles. The minimum absolute atomic E-state index is 0.267. The van der Waals surface area contributed by atoms with Crippen molar-refractivity contribution >= 4 is 0 Å². The summed E-state index contributed by atoms with van der Waals surface area (Å²) in [5, 5.41) is 0. The van der Waals surface area contributed by atoms with Gasteiger partial charge in [-0.15, -0.1) is 0 Å². The van der Waals surface area contributed by atoms with Crippen LogP contribution in [0.15, 0.2) is 152 Å². The number of ether oxygens (including phenoxy) is 9. The third-order valence-electron chi connectivity index (χ3n) is 11.7.